The van der Waals surface area contributed by atoms with Gasteiger partial charge in [0.25, 0.3) is 0 Å². The van der Waals surface area contributed by atoms with Gasteiger partial charge in [-0.3, -0.25) is 14.4 Å². The van der Waals surface area contributed by atoms with E-state index in [-0.39, 0.29) is 0 Å². The van der Waals surface area contributed by atoms with Crippen molar-refractivity contribution in [1.82, 2.24) is 9.80 Å². The van der Waals surface area contributed by atoms with Crippen LogP contribution in [0.2, 0.25) is 0 Å². The molecule has 0 aromatic heterocycles. The summed E-state index contributed by atoms with van der Waals surface area (Å²) < 4.78 is 0.822. The first kappa shape index (κ1) is 14.5. The summed E-state index contributed by atoms with van der Waals surface area (Å²) in [5, 5.41) is 2.56. The first-order valence-electron chi connectivity index (χ1n) is 6.15. The van der Waals surface area contributed by atoms with Crippen LogP contribution in [0.5, 0.6) is 0 Å². The van der Waals surface area contributed by atoms with Crippen molar-refractivity contribution in [3.63, 3.8) is 0 Å². The zero-order valence-electron chi connectivity index (χ0n) is 10.7. The Morgan fingerprint density at radius 3 is 2.50 bits per heavy atom. The Kier molecular flexibility index (Phi) is 4.73. The van der Waals surface area contributed by atoms with Crippen LogP contribution in [-0.4, -0.2) is 54.2 Å². The highest BCUT2D eigenvalue weighted by Crippen LogP contribution is 2.15. The lowest BCUT2D eigenvalue weighted by molar-refractivity contribution is -0.144. The molecule has 0 saturated carbocycles. The molecule has 0 bridgehead atoms. The Morgan fingerprint density at radius 1 is 1.20 bits per heavy atom. The number of nitrogens with zero attached hydrogens (tertiary/aromatic N) is 2. The minimum atomic E-state index is -0.664. The second-order valence-corrected chi connectivity index (χ2v) is 5.31. The van der Waals surface area contributed by atoms with Gasteiger partial charge in [0.15, 0.2) is 0 Å². The topological polar surface area (TPSA) is 69.7 Å². The number of carbonyl (C=O) groups excluding carboxylic acids is 3. The second kappa shape index (κ2) is 6.51. The first-order chi connectivity index (χ1) is 9.60. The largest absolute Gasteiger partial charge is 0.342 e. The lowest BCUT2D eigenvalue weighted by Gasteiger charge is -2.31. The van der Waals surface area contributed by atoms with Gasteiger partial charge in [0, 0.05) is 36.3 Å². The molecule has 1 saturated heterocycles. The minimum Gasteiger partial charge on any atom is -0.342 e. The number of anilines is 1. The molecule has 0 spiro atoms. The predicted molar refractivity (Wildman–Crippen MR) is 77.0 cm³/mol. The fraction of sp³-hybridized carbons (Fsp3) is 0.308. The van der Waals surface area contributed by atoms with E-state index >= 15 is 0 Å². The number of rotatable bonds is 2. The van der Waals surface area contributed by atoms with Crippen molar-refractivity contribution in [3.05, 3.63) is 28.7 Å². The summed E-state index contributed by atoms with van der Waals surface area (Å²) in [7, 11) is 0. The number of halogens is 1. The first-order valence-corrected chi connectivity index (χ1v) is 6.94. The van der Waals surface area contributed by atoms with Gasteiger partial charge in [-0.15, -0.1) is 0 Å². The van der Waals surface area contributed by atoms with Gasteiger partial charge >= 0.3 is 11.8 Å². The number of hydrogen-bond donors (Lipinski definition) is 1. The number of benzene rings is 1. The van der Waals surface area contributed by atoms with E-state index in [4.69, 9.17) is 0 Å². The van der Waals surface area contributed by atoms with E-state index in [2.05, 4.69) is 21.2 Å². The van der Waals surface area contributed by atoms with E-state index in [1.807, 2.05) is 6.07 Å². The van der Waals surface area contributed by atoms with Crippen molar-refractivity contribution in [2.75, 3.05) is 31.5 Å². The van der Waals surface area contributed by atoms with Crippen LogP contribution in [-0.2, 0) is 14.4 Å². The molecule has 2 rings (SSSR count). The Balaban J connectivity index is 1.92. The number of piperazine rings is 1. The van der Waals surface area contributed by atoms with Gasteiger partial charge < -0.3 is 15.1 Å². The molecule has 1 aliphatic heterocycles. The molecule has 7 heteroatoms. The van der Waals surface area contributed by atoms with Crippen LogP contribution in [0.15, 0.2) is 28.7 Å². The van der Waals surface area contributed by atoms with Crippen molar-refractivity contribution in [2.24, 2.45) is 0 Å². The monoisotopic (exact) mass is 339 g/mol. The molecule has 3 amide bonds. The molecule has 1 aromatic rings. The van der Waals surface area contributed by atoms with E-state index < -0.39 is 11.8 Å². The highest BCUT2D eigenvalue weighted by atomic mass is 79.9. The van der Waals surface area contributed by atoms with Crippen LogP contribution in [0.4, 0.5) is 5.69 Å². The molecule has 6 nitrogen and oxygen atoms in total. The Labute approximate surface area is 124 Å². The summed E-state index contributed by atoms with van der Waals surface area (Å²) >= 11 is 3.29. The minimum absolute atomic E-state index is 0.378. The van der Waals surface area contributed by atoms with Crippen molar-refractivity contribution >= 4 is 39.8 Å². The van der Waals surface area contributed by atoms with Crippen LogP contribution >= 0.6 is 15.9 Å². The molecule has 0 atom stereocenters. The lowest BCUT2D eigenvalue weighted by Crippen LogP contribution is -2.51. The van der Waals surface area contributed by atoms with Gasteiger partial charge in [0.1, 0.15) is 0 Å². The van der Waals surface area contributed by atoms with Crippen LogP contribution in [0.3, 0.4) is 0 Å². The van der Waals surface area contributed by atoms with Crippen molar-refractivity contribution in [3.8, 4) is 0 Å². The van der Waals surface area contributed by atoms with Gasteiger partial charge in [0.2, 0.25) is 6.41 Å². The maximum Gasteiger partial charge on any atom is 0.313 e. The smallest absolute Gasteiger partial charge is 0.313 e. The molecule has 0 radical (unpaired) electrons. The summed E-state index contributed by atoms with van der Waals surface area (Å²) in [6.45, 7) is 1.67. The molecular weight excluding hydrogens is 326 g/mol. The van der Waals surface area contributed by atoms with Gasteiger partial charge in [-0.1, -0.05) is 22.0 Å². The van der Waals surface area contributed by atoms with Crippen LogP contribution in [0.25, 0.3) is 0 Å². The van der Waals surface area contributed by atoms with E-state index in [1.54, 1.807) is 23.1 Å². The summed E-state index contributed by atoms with van der Waals surface area (Å²) in [6, 6.07) is 7.03. The SMILES string of the molecule is O=CN1CCN(C(=O)C(=O)Nc2cccc(Br)c2)CC1. The molecule has 20 heavy (non-hydrogen) atoms. The van der Waals surface area contributed by atoms with Gasteiger partial charge in [-0.2, -0.15) is 0 Å². The van der Waals surface area contributed by atoms with Crippen molar-refractivity contribution < 1.29 is 14.4 Å². The van der Waals surface area contributed by atoms with Gasteiger partial charge in [-0.05, 0) is 18.2 Å². The zero-order valence-corrected chi connectivity index (χ0v) is 12.3. The van der Waals surface area contributed by atoms with Gasteiger partial charge in [-0.25, -0.2) is 0 Å². The van der Waals surface area contributed by atoms with Crippen molar-refractivity contribution in [2.45, 2.75) is 0 Å². The van der Waals surface area contributed by atoms with E-state index in [1.165, 1.54) is 4.90 Å². The van der Waals surface area contributed by atoms with E-state index in [0.29, 0.717) is 31.9 Å². The molecule has 1 aromatic carbocycles. The summed E-state index contributed by atoms with van der Waals surface area (Å²) in [5.74, 6) is -1.24. The predicted octanol–water partition coefficient (Wildman–Crippen LogP) is 0.688. The molecule has 0 aliphatic carbocycles. The lowest BCUT2D eigenvalue weighted by atomic mass is 10.3. The quantitative estimate of drug-likeness (QED) is 0.636. The molecule has 0 unspecified atom stereocenters. The molecule has 1 heterocycles. The van der Waals surface area contributed by atoms with Crippen molar-refractivity contribution in [1.29, 1.82) is 0 Å². The third-order valence-corrected chi connectivity index (χ3v) is 3.52. The van der Waals surface area contributed by atoms with Crippen LogP contribution < -0.4 is 5.32 Å². The number of carbonyl (C=O) groups is 3. The number of amides is 3. The normalized spacial score (nSPS) is 14.8. The summed E-state index contributed by atoms with van der Waals surface area (Å²) in [4.78, 5) is 37.5. The highest BCUT2D eigenvalue weighted by Gasteiger charge is 2.25. The van der Waals surface area contributed by atoms with Crippen LogP contribution in [0.1, 0.15) is 0 Å². The average Bonchev–Trinajstić information content (AvgIpc) is 2.46. The summed E-state index contributed by atoms with van der Waals surface area (Å²) in [6.07, 6.45) is 0.753. The molecule has 1 N–H and O–H groups in total. The average molecular weight is 340 g/mol. The highest BCUT2D eigenvalue weighted by molar-refractivity contribution is 9.10. The second-order valence-electron chi connectivity index (χ2n) is 4.40. The standard InChI is InChI=1S/C13H14BrN3O3/c14-10-2-1-3-11(8-10)15-12(19)13(20)17-6-4-16(9-18)5-7-17/h1-3,8-9H,4-7H2,(H,15,19). The maximum atomic E-state index is 12.0. The zero-order chi connectivity index (χ0) is 14.5. The molecule has 1 aliphatic rings. The van der Waals surface area contributed by atoms with E-state index in [9.17, 15) is 14.4 Å². The fourth-order valence-electron chi connectivity index (χ4n) is 1.92. The fourth-order valence-corrected chi connectivity index (χ4v) is 2.32. The van der Waals surface area contributed by atoms with E-state index in [0.717, 1.165) is 10.9 Å². The number of nitrogens with one attached hydrogen (secondary N) is 1. The number of hydrogen-bond acceptors (Lipinski definition) is 3. The maximum absolute atomic E-state index is 12.0. The third-order valence-electron chi connectivity index (χ3n) is 3.03. The third kappa shape index (κ3) is 3.57. The Morgan fingerprint density at radius 2 is 1.90 bits per heavy atom. The summed E-state index contributed by atoms with van der Waals surface area (Å²) in [5.41, 5.74) is 0.559. The Hall–Kier alpha value is -1.89. The molecule has 1 fully saturated rings. The van der Waals surface area contributed by atoms with Gasteiger partial charge in [0.05, 0.1) is 0 Å². The Bertz CT molecular complexity index is 527. The molecular formula is C13H14BrN3O3. The molecule has 106 valence electrons. The van der Waals surface area contributed by atoms with Crippen LogP contribution in [0, 0.1) is 0 Å².